The number of hydrogen-bond donors (Lipinski definition) is 1. The van der Waals surface area contributed by atoms with Crippen molar-refractivity contribution in [2.45, 2.75) is 272 Å². The third-order valence-electron chi connectivity index (χ3n) is 14.1. The van der Waals surface area contributed by atoms with Gasteiger partial charge < -0.3 is 14.6 Å². The van der Waals surface area contributed by atoms with Crippen molar-refractivity contribution in [2.75, 3.05) is 52.5 Å². The molecule has 7 heteroatoms. The first-order valence-electron chi connectivity index (χ1n) is 27.8. The Morgan fingerprint density at radius 2 is 0.823 bits per heavy atom. The van der Waals surface area contributed by atoms with Gasteiger partial charge in [0.15, 0.2) is 0 Å². The van der Waals surface area contributed by atoms with Gasteiger partial charge in [-0.1, -0.05) is 195 Å². The number of nitrogens with zero attached hydrogens (tertiary/aromatic N) is 2. The predicted molar refractivity (Wildman–Crippen MR) is 266 cm³/mol. The Bertz CT molecular complexity index is 925. The standard InChI is InChI=1S/C55H108N2O5/c1-6-11-16-21-23-27-35-50(33-25-18-13-8-3)46-54(59)61-48-52(49-62-55(60)47-51(34-26-19-14-9-4)36-28-24-22-17-12-7-2)37-29-31-41-57(53-38-32-39-53)43-42-56(44-45-58)40-30-20-15-10-5/h50-53,58H,6-49H2,1-5H3. The Morgan fingerprint density at radius 1 is 0.452 bits per heavy atom. The second-order valence-electron chi connectivity index (χ2n) is 19.9. The molecule has 368 valence electrons. The summed E-state index contributed by atoms with van der Waals surface area (Å²) < 4.78 is 12.2. The van der Waals surface area contributed by atoms with Crippen LogP contribution in [0.15, 0.2) is 0 Å². The number of carbonyl (C=O) groups is 2. The van der Waals surface area contributed by atoms with Crippen LogP contribution >= 0.6 is 0 Å². The van der Waals surface area contributed by atoms with Crippen LogP contribution < -0.4 is 0 Å². The minimum absolute atomic E-state index is 0.0337. The maximum Gasteiger partial charge on any atom is 0.306 e. The van der Waals surface area contributed by atoms with Crippen molar-refractivity contribution in [3.8, 4) is 0 Å². The third-order valence-corrected chi connectivity index (χ3v) is 14.1. The molecule has 0 radical (unpaired) electrons. The van der Waals surface area contributed by atoms with Crippen LogP contribution in [-0.4, -0.2) is 85.4 Å². The lowest BCUT2D eigenvalue weighted by molar-refractivity contribution is -0.150. The molecule has 1 N–H and O–H groups in total. The van der Waals surface area contributed by atoms with Gasteiger partial charge in [0.05, 0.1) is 19.8 Å². The number of carbonyl (C=O) groups excluding carboxylic acids is 2. The van der Waals surface area contributed by atoms with Crippen molar-refractivity contribution in [3.63, 3.8) is 0 Å². The molecule has 2 unspecified atom stereocenters. The maximum absolute atomic E-state index is 13.5. The van der Waals surface area contributed by atoms with Gasteiger partial charge in [0.2, 0.25) is 0 Å². The van der Waals surface area contributed by atoms with Crippen molar-refractivity contribution in [3.05, 3.63) is 0 Å². The fourth-order valence-corrected chi connectivity index (χ4v) is 9.55. The van der Waals surface area contributed by atoms with Gasteiger partial charge in [-0.3, -0.25) is 19.4 Å². The SMILES string of the molecule is CCCCCCCCC(CCCCCC)CC(=O)OCC(CCCCN(CCN(CCO)CCCCCC)C1CCC1)COC(=O)CC(CCCCCC)CCCCCCCC. The van der Waals surface area contributed by atoms with Gasteiger partial charge in [-0.05, 0) is 82.7 Å². The van der Waals surface area contributed by atoms with Gasteiger partial charge in [-0.15, -0.1) is 0 Å². The van der Waals surface area contributed by atoms with Crippen LogP contribution in [0.3, 0.4) is 0 Å². The Balaban J connectivity index is 2.90. The number of rotatable bonds is 48. The molecule has 0 heterocycles. The van der Waals surface area contributed by atoms with Gasteiger partial charge in [-0.2, -0.15) is 0 Å². The van der Waals surface area contributed by atoms with E-state index in [0.717, 1.165) is 77.7 Å². The first-order chi connectivity index (χ1) is 30.4. The van der Waals surface area contributed by atoms with Crippen LogP contribution in [-0.2, 0) is 19.1 Å². The lowest BCUT2D eigenvalue weighted by Gasteiger charge is -2.39. The van der Waals surface area contributed by atoms with E-state index in [1.807, 2.05) is 0 Å². The fraction of sp³-hybridized carbons (Fsp3) is 0.964. The first-order valence-corrected chi connectivity index (χ1v) is 27.8. The molecule has 1 fully saturated rings. The van der Waals surface area contributed by atoms with E-state index >= 15 is 0 Å². The topological polar surface area (TPSA) is 79.3 Å². The molecule has 62 heavy (non-hydrogen) atoms. The van der Waals surface area contributed by atoms with Gasteiger partial charge in [0.1, 0.15) is 0 Å². The number of esters is 2. The van der Waals surface area contributed by atoms with Crippen LogP contribution in [0.5, 0.6) is 0 Å². The summed E-state index contributed by atoms with van der Waals surface area (Å²) in [5, 5.41) is 9.76. The minimum atomic E-state index is -0.0582. The first kappa shape index (κ1) is 58.8. The van der Waals surface area contributed by atoms with E-state index in [0.29, 0.717) is 43.9 Å². The van der Waals surface area contributed by atoms with E-state index in [9.17, 15) is 14.7 Å². The van der Waals surface area contributed by atoms with E-state index in [2.05, 4.69) is 44.4 Å². The molecule has 2 atom stereocenters. The molecule has 0 saturated heterocycles. The highest BCUT2D eigenvalue weighted by Crippen LogP contribution is 2.27. The van der Waals surface area contributed by atoms with E-state index in [-0.39, 0.29) is 24.5 Å². The molecule has 0 bridgehead atoms. The summed E-state index contributed by atoms with van der Waals surface area (Å²) in [6, 6.07) is 0.682. The van der Waals surface area contributed by atoms with Crippen LogP contribution in [0.25, 0.3) is 0 Å². The summed E-state index contributed by atoms with van der Waals surface area (Å²) in [5.74, 6) is 0.732. The van der Waals surface area contributed by atoms with Crippen molar-refractivity contribution in [2.24, 2.45) is 17.8 Å². The molecule has 1 aliphatic carbocycles. The summed E-state index contributed by atoms with van der Waals surface area (Å²) >= 11 is 0. The Labute approximate surface area is 386 Å². The average Bonchev–Trinajstić information content (AvgIpc) is 3.25. The van der Waals surface area contributed by atoms with Crippen molar-refractivity contribution >= 4 is 11.9 Å². The zero-order chi connectivity index (χ0) is 45.1. The zero-order valence-electron chi connectivity index (χ0n) is 42.4. The highest BCUT2D eigenvalue weighted by Gasteiger charge is 2.25. The number of aliphatic hydroxyl groups excluding tert-OH is 1. The number of unbranched alkanes of at least 4 members (excludes halogenated alkanes) is 20. The normalized spacial score (nSPS) is 14.6. The number of hydrogen-bond acceptors (Lipinski definition) is 7. The lowest BCUT2D eigenvalue weighted by atomic mass is 9.91. The Kier molecular flexibility index (Phi) is 41.5. The largest absolute Gasteiger partial charge is 0.465 e. The average molecular weight is 877 g/mol. The molecule has 1 saturated carbocycles. The van der Waals surface area contributed by atoms with Crippen molar-refractivity contribution < 1.29 is 24.2 Å². The van der Waals surface area contributed by atoms with Gasteiger partial charge in [-0.25, -0.2) is 0 Å². The number of aliphatic hydroxyl groups is 1. The molecule has 1 rings (SSSR count). The summed E-state index contributed by atoms with van der Waals surface area (Å²) in [7, 11) is 0. The molecule has 0 aromatic carbocycles. The van der Waals surface area contributed by atoms with E-state index < -0.39 is 0 Å². The van der Waals surface area contributed by atoms with E-state index in [4.69, 9.17) is 9.47 Å². The summed E-state index contributed by atoms with van der Waals surface area (Å²) in [5.41, 5.74) is 0. The fourth-order valence-electron chi connectivity index (χ4n) is 9.55. The van der Waals surface area contributed by atoms with Crippen LogP contribution in [0, 0.1) is 17.8 Å². The van der Waals surface area contributed by atoms with Gasteiger partial charge >= 0.3 is 11.9 Å². The van der Waals surface area contributed by atoms with Crippen LogP contribution in [0.2, 0.25) is 0 Å². The summed E-state index contributed by atoms with van der Waals surface area (Å²) in [6.07, 6.45) is 42.9. The Hall–Kier alpha value is -1.18. The van der Waals surface area contributed by atoms with Crippen LogP contribution in [0.1, 0.15) is 266 Å². The maximum atomic E-state index is 13.5. The van der Waals surface area contributed by atoms with E-state index in [1.54, 1.807) is 0 Å². The zero-order valence-corrected chi connectivity index (χ0v) is 42.4. The monoisotopic (exact) mass is 877 g/mol. The van der Waals surface area contributed by atoms with Gasteiger partial charge in [0, 0.05) is 44.4 Å². The van der Waals surface area contributed by atoms with Crippen molar-refractivity contribution in [1.29, 1.82) is 0 Å². The molecule has 7 nitrogen and oxygen atoms in total. The van der Waals surface area contributed by atoms with Crippen molar-refractivity contribution in [1.82, 2.24) is 9.80 Å². The smallest absolute Gasteiger partial charge is 0.306 e. The molecule has 0 aromatic heterocycles. The quantitative estimate of drug-likeness (QED) is 0.0482. The molecular weight excluding hydrogens is 769 g/mol. The highest BCUT2D eigenvalue weighted by atomic mass is 16.5. The van der Waals surface area contributed by atoms with Gasteiger partial charge in [0.25, 0.3) is 0 Å². The third kappa shape index (κ3) is 34.2. The summed E-state index contributed by atoms with van der Waals surface area (Å²) in [6.45, 7) is 17.3. The highest BCUT2D eigenvalue weighted by molar-refractivity contribution is 5.70. The summed E-state index contributed by atoms with van der Waals surface area (Å²) in [4.78, 5) is 32.1. The Morgan fingerprint density at radius 3 is 1.24 bits per heavy atom. The molecule has 0 amide bonds. The van der Waals surface area contributed by atoms with E-state index in [1.165, 1.54) is 173 Å². The molecule has 0 spiro atoms. The lowest BCUT2D eigenvalue weighted by Crippen LogP contribution is -2.45. The second-order valence-corrected chi connectivity index (χ2v) is 19.9. The van der Waals surface area contributed by atoms with Crippen LogP contribution in [0.4, 0.5) is 0 Å². The molecule has 0 aromatic rings. The number of ether oxygens (including phenoxy) is 2. The second kappa shape index (κ2) is 43.7. The molecule has 1 aliphatic rings. The molecular formula is C55H108N2O5. The minimum Gasteiger partial charge on any atom is -0.465 e. The predicted octanol–water partition coefficient (Wildman–Crippen LogP) is 15.0. The molecule has 0 aliphatic heterocycles.